The molecule has 2 amide bonds. The Morgan fingerprint density at radius 1 is 1.08 bits per heavy atom. The molecule has 10 heteroatoms. The molecule has 5 rings (SSSR count). The van der Waals surface area contributed by atoms with Crippen molar-refractivity contribution in [1.29, 1.82) is 0 Å². The number of carbonyl (C=O) groups is 2. The van der Waals surface area contributed by atoms with Crippen molar-refractivity contribution in [2.45, 2.75) is 24.9 Å². The van der Waals surface area contributed by atoms with E-state index in [1.165, 1.54) is 12.3 Å². The van der Waals surface area contributed by atoms with Gasteiger partial charge in [0.25, 0.3) is 11.8 Å². The number of pyridine rings is 2. The molecule has 0 spiro atoms. The van der Waals surface area contributed by atoms with E-state index in [1.54, 1.807) is 54.6 Å². The van der Waals surface area contributed by atoms with Crippen LogP contribution in [0.5, 0.6) is 17.4 Å². The number of halogens is 1. The first-order chi connectivity index (χ1) is 17.4. The molecule has 0 unspecified atom stereocenters. The fourth-order valence-corrected chi connectivity index (χ4v) is 4.01. The monoisotopic (exact) mass is 508 g/mol. The maximum Gasteiger partial charge on any atom is 0.257 e. The number of hydrogen-bond donors (Lipinski definition) is 1. The molecule has 0 bridgehead atoms. The number of ether oxygens (including phenoxy) is 3. The lowest BCUT2D eigenvalue weighted by Crippen LogP contribution is -2.42. The van der Waals surface area contributed by atoms with E-state index in [1.807, 2.05) is 0 Å². The van der Waals surface area contributed by atoms with Crippen molar-refractivity contribution in [3.63, 3.8) is 0 Å². The number of nitrogens with zero attached hydrogens (tertiary/aromatic N) is 3. The molecule has 2 fully saturated rings. The first-order valence-corrected chi connectivity index (χ1v) is 12.0. The molecule has 9 nitrogen and oxygen atoms in total. The van der Waals surface area contributed by atoms with Gasteiger partial charge < -0.3 is 24.4 Å². The fourth-order valence-electron chi connectivity index (χ4n) is 3.81. The SMILES string of the molecule is COCC1(Oc2cc(Oc3ncc(C(=O)N4CCC4)cc3Cl)cc(C(=O)Nc3ccccn3)c2)CC1. The second-order valence-electron chi connectivity index (χ2n) is 8.84. The number of benzene rings is 1. The molecule has 1 aliphatic heterocycles. The second-order valence-corrected chi connectivity index (χ2v) is 9.25. The number of rotatable bonds is 9. The summed E-state index contributed by atoms with van der Waals surface area (Å²) in [6.07, 6.45) is 5.72. The van der Waals surface area contributed by atoms with Crippen LogP contribution in [0.25, 0.3) is 0 Å². The molecule has 1 aliphatic carbocycles. The Morgan fingerprint density at radius 2 is 1.89 bits per heavy atom. The van der Waals surface area contributed by atoms with Gasteiger partial charge in [-0.15, -0.1) is 0 Å². The second kappa shape index (κ2) is 10.1. The van der Waals surface area contributed by atoms with Crippen LogP contribution in [0.3, 0.4) is 0 Å². The highest BCUT2D eigenvalue weighted by atomic mass is 35.5. The van der Waals surface area contributed by atoms with Crippen LogP contribution in [0, 0.1) is 0 Å². The summed E-state index contributed by atoms with van der Waals surface area (Å²) in [5.41, 5.74) is 0.286. The van der Waals surface area contributed by atoms with E-state index in [-0.39, 0.29) is 22.7 Å². The lowest BCUT2D eigenvalue weighted by Gasteiger charge is -2.30. The smallest absolute Gasteiger partial charge is 0.257 e. The van der Waals surface area contributed by atoms with Crippen LogP contribution >= 0.6 is 11.6 Å². The average Bonchev–Trinajstić information content (AvgIpc) is 3.58. The lowest BCUT2D eigenvalue weighted by atomic mass is 10.1. The summed E-state index contributed by atoms with van der Waals surface area (Å²) in [7, 11) is 1.62. The van der Waals surface area contributed by atoms with Crippen molar-refractivity contribution < 1.29 is 23.8 Å². The molecule has 1 aromatic carbocycles. The Morgan fingerprint density at radius 3 is 2.53 bits per heavy atom. The van der Waals surface area contributed by atoms with Gasteiger partial charge in [0.05, 0.1) is 12.2 Å². The summed E-state index contributed by atoms with van der Waals surface area (Å²) in [6.45, 7) is 1.90. The van der Waals surface area contributed by atoms with Crippen LogP contribution in [0.15, 0.2) is 54.9 Å². The summed E-state index contributed by atoms with van der Waals surface area (Å²) in [6, 6.07) is 11.7. The molecule has 2 aliphatic rings. The van der Waals surface area contributed by atoms with Gasteiger partial charge in [0.1, 0.15) is 27.9 Å². The van der Waals surface area contributed by atoms with Crippen LogP contribution in [0.4, 0.5) is 5.82 Å². The average molecular weight is 509 g/mol. The maximum absolute atomic E-state index is 13.0. The van der Waals surface area contributed by atoms with Crippen molar-refractivity contribution in [3.05, 3.63) is 71.0 Å². The molecular formula is C26H25ClN4O5. The third kappa shape index (κ3) is 5.42. The molecule has 1 N–H and O–H groups in total. The molecule has 0 atom stereocenters. The molecule has 1 saturated carbocycles. The van der Waals surface area contributed by atoms with Crippen molar-refractivity contribution >= 4 is 29.2 Å². The van der Waals surface area contributed by atoms with Crippen LogP contribution in [-0.4, -0.2) is 59.1 Å². The molecule has 0 radical (unpaired) electrons. The van der Waals surface area contributed by atoms with Gasteiger partial charge in [-0.2, -0.15) is 0 Å². The van der Waals surface area contributed by atoms with Crippen molar-refractivity contribution in [2.24, 2.45) is 0 Å². The van der Waals surface area contributed by atoms with Gasteiger partial charge in [0, 0.05) is 44.2 Å². The third-order valence-corrected chi connectivity index (χ3v) is 6.28. The number of hydrogen-bond acceptors (Lipinski definition) is 7. The fraction of sp³-hybridized carbons (Fsp3) is 0.308. The minimum Gasteiger partial charge on any atom is -0.485 e. The van der Waals surface area contributed by atoms with E-state index < -0.39 is 5.60 Å². The molecular weight excluding hydrogens is 484 g/mol. The Hall–Kier alpha value is -3.69. The van der Waals surface area contributed by atoms with E-state index in [0.29, 0.717) is 35.1 Å². The summed E-state index contributed by atoms with van der Waals surface area (Å²) >= 11 is 6.40. The summed E-state index contributed by atoms with van der Waals surface area (Å²) < 4.78 is 17.4. The van der Waals surface area contributed by atoms with Gasteiger partial charge in [0.15, 0.2) is 0 Å². The summed E-state index contributed by atoms with van der Waals surface area (Å²) in [5, 5.41) is 2.95. The van der Waals surface area contributed by atoms with Gasteiger partial charge in [-0.05, 0) is 49.6 Å². The third-order valence-electron chi connectivity index (χ3n) is 6.01. The first-order valence-electron chi connectivity index (χ1n) is 11.6. The normalized spacial score (nSPS) is 15.6. The van der Waals surface area contributed by atoms with Gasteiger partial charge >= 0.3 is 0 Å². The largest absolute Gasteiger partial charge is 0.485 e. The minimum atomic E-state index is -0.420. The number of carbonyl (C=O) groups excluding carboxylic acids is 2. The minimum absolute atomic E-state index is 0.112. The Kier molecular flexibility index (Phi) is 6.75. The molecule has 36 heavy (non-hydrogen) atoms. The molecule has 3 aromatic rings. The molecule has 2 aromatic heterocycles. The first kappa shape index (κ1) is 24.0. The molecule has 3 heterocycles. The van der Waals surface area contributed by atoms with Crippen LogP contribution < -0.4 is 14.8 Å². The highest BCUT2D eigenvalue weighted by Gasteiger charge is 2.45. The Labute approximate surface area is 213 Å². The number of likely N-dealkylation sites (tertiary alicyclic amines) is 1. The quantitative estimate of drug-likeness (QED) is 0.451. The van der Waals surface area contributed by atoms with Gasteiger partial charge in [-0.1, -0.05) is 17.7 Å². The zero-order chi connectivity index (χ0) is 25.1. The van der Waals surface area contributed by atoms with Crippen LogP contribution in [0.2, 0.25) is 5.02 Å². The van der Waals surface area contributed by atoms with Crippen LogP contribution in [-0.2, 0) is 4.74 Å². The number of nitrogens with one attached hydrogen (secondary N) is 1. The zero-order valence-electron chi connectivity index (χ0n) is 19.7. The standard InChI is InChI=1S/C26H25ClN4O5/c1-34-16-26(6-7-26)36-20-12-17(23(32)30-22-5-2-3-8-28-22)11-19(14-20)35-24-21(27)13-18(15-29-24)25(33)31-9-4-10-31/h2-3,5,8,11-15H,4,6-7,9-10,16H2,1H3,(H,28,30,32). The topological polar surface area (TPSA) is 103 Å². The van der Waals surface area contributed by atoms with Crippen molar-refractivity contribution in [3.8, 4) is 17.4 Å². The number of methoxy groups -OCH3 is 1. The predicted octanol–water partition coefficient (Wildman–Crippen LogP) is 4.58. The highest BCUT2D eigenvalue weighted by Crippen LogP contribution is 2.42. The number of aromatic nitrogens is 2. The van der Waals surface area contributed by atoms with Crippen molar-refractivity contribution in [2.75, 3.05) is 32.1 Å². The Balaban J connectivity index is 1.40. The van der Waals surface area contributed by atoms with Gasteiger partial charge in [-0.3, -0.25) is 9.59 Å². The van der Waals surface area contributed by atoms with Gasteiger partial charge in [0.2, 0.25) is 5.88 Å². The molecule has 1 saturated heterocycles. The van der Waals surface area contributed by atoms with Crippen molar-refractivity contribution in [1.82, 2.24) is 14.9 Å². The van der Waals surface area contributed by atoms with Gasteiger partial charge in [-0.25, -0.2) is 9.97 Å². The van der Waals surface area contributed by atoms with E-state index in [0.717, 1.165) is 32.4 Å². The van der Waals surface area contributed by atoms with E-state index >= 15 is 0 Å². The Bertz CT molecular complexity index is 1280. The lowest BCUT2D eigenvalue weighted by molar-refractivity contribution is 0.0636. The summed E-state index contributed by atoms with van der Waals surface area (Å²) in [4.78, 5) is 35.6. The van der Waals surface area contributed by atoms with E-state index in [9.17, 15) is 9.59 Å². The highest BCUT2D eigenvalue weighted by molar-refractivity contribution is 6.32. The number of anilines is 1. The maximum atomic E-state index is 13.0. The molecule has 186 valence electrons. The number of amides is 2. The van der Waals surface area contributed by atoms with E-state index in [4.69, 9.17) is 25.8 Å². The van der Waals surface area contributed by atoms with E-state index in [2.05, 4.69) is 15.3 Å². The zero-order valence-corrected chi connectivity index (χ0v) is 20.5. The van der Waals surface area contributed by atoms with Crippen LogP contribution in [0.1, 0.15) is 40.0 Å². The predicted molar refractivity (Wildman–Crippen MR) is 133 cm³/mol. The summed E-state index contributed by atoms with van der Waals surface area (Å²) in [5.74, 6) is 0.802.